The van der Waals surface area contributed by atoms with Gasteiger partial charge in [0.25, 0.3) is 0 Å². The van der Waals surface area contributed by atoms with E-state index in [-0.39, 0.29) is 6.54 Å². The van der Waals surface area contributed by atoms with E-state index < -0.39 is 6.09 Å². The van der Waals surface area contributed by atoms with E-state index in [0.29, 0.717) is 12.1 Å². The lowest BCUT2D eigenvalue weighted by Gasteiger charge is -2.08. The van der Waals surface area contributed by atoms with E-state index in [2.05, 4.69) is 16.0 Å². The van der Waals surface area contributed by atoms with Gasteiger partial charge in [0.2, 0.25) is 0 Å². The van der Waals surface area contributed by atoms with E-state index in [4.69, 9.17) is 10.4 Å². The van der Waals surface area contributed by atoms with Gasteiger partial charge in [0, 0.05) is 24.8 Å². The van der Waals surface area contributed by atoms with Gasteiger partial charge in [-0.1, -0.05) is 30.3 Å². The van der Waals surface area contributed by atoms with Gasteiger partial charge in [-0.3, -0.25) is 0 Å². The SMILES string of the molecule is N#Cc1ccc2ccn(Cc3cccc(CNC(=O)O)c3)c2c1. The molecule has 3 rings (SSSR count). The van der Waals surface area contributed by atoms with Gasteiger partial charge in [-0.15, -0.1) is 0 Å². The van der Waals surface area contributed by atoms with Crippen molar-refractivity contribution in [3.05, 3.63) is 71.4 Å². The monoisotopic (exact) mass is 305 g/mol. The molecule has 2 aromatic carbocycles. The highest BCUT2D eigenvalue weighted by molar-refractivity contribution is 5.81. The minimum absolute atomic E-state index is 0.286. The molecule has 0 radical (unpaired) electrons. The number of aromatic nitrogens is 1. The minimum atomic E-state index is -1.03. The predicted molar refractivity (Wildman–Crippen MR) is 87.1 cm³/mol. The number of carbonyl (C=O) groups is 1. The van der Waals surface area contributed by atoms with Crippen LogP contribution in [0.15, 0.2) is 54.7 Å². The summed E-state index contributed by atoms with van der Waals surface area (Å²) in [6, 6.07) is 17.6. The van der Waals surface area contributed by atoms with Gasteiger partial charge in [-0.05, 0) is 34.7 Å². The van der Waals surface area contributed by atoms with Crippen LogP contribution in [0, 0.1) is 11.3 Å². The van der Waals surface area contributed by atoms with Gasteiger partial charge < -0.3 is 15.0 Å². The summed E-state index contributed by atoms with van der Waals surface area (Å²) in [6.45, 7) is 0.952. The highest BCUT2D eigenvalue weighted by atomic mass is 16.4. The van der Waals surface area contributed by atoms with Crippen molar-refractivity contribution in [2.45, 2.75) is 13.1 Å². The first-order valence-corrected chi connectivity index (χ1v) is 7.19. The largest absolute Gasteiger partial charge is 0.465 e. The van der Waals surface area contributed by atoms with Crippen LogP contribution < -0.4 is 5.32 Å². The molecule has 0 saturated heterocycles. The van der Waals surface area contributed by atoms with Crippen LogP contribution in [0.2, 0.25) is 0 Å². The summed E-state index contributed by atoms with van der Waals surface area (Å²) in [4.78, 5) is 10.6. The molecule has 0 saturated carbocycles. The zero-order valence-electron chi connectivity index (χ0n) is 12.4. The molecular formula is C18H15N3O2. The van der Waals surface area contributed by atoms with E-state index in [0.717, 1.165) is 22.0 Å². The Bertz CT molecular complexity index is 906. The number of nitriles is 1. The highest BCUT2D eigenvalue weighted by Crippen LogP contribution is 2.19. The summed E-state index contributed by atoms with van der Waals surface area (Å²) in [6.07, 6.45) is 0.962. The molecule has 3 aromatic rings. The summed E-state index contributed by atoms with van der Waals surface area (Å²) in [5.41, 5.74) is 3.64. The molecule has 0 fully saturated rings. The van der Waals surface area contributed by atoms with Crippen molar-refractivity contribution >= 4 is 17.0 Å². The lowest BCUT2D eigenvalue weighted by Crippen LogP contribution is -2.19. The fraction of sp³-hybridized carbons (Fsp3) is 0.111. The van der Waals surface area contributed by atoms with Crippen molar-refractivity contribution in [2.75, 3.05) is 0 Å². The van der Waals surface area contributed by atoms with Gasteiger partial charge >= 0.3 is 6.09 Å². The van der Waals surface area contributed by atoms with Crippen LogP contribution in [0.1, 0.15) is 16.7 Å². The second-order valence-corrected chi connectivity index (χ2v) is 5.31. The van der Waals surface area contributed by atoms with Crippen molar-refractivity contribution in [1.82, 2.24) is 9.88 Å². The Morgan fingerprint density at radius 2 is 2.00 bits per heavy atom. The molecule has 114 valence electrons. The smallest absolute Gasteiger partial charge is 0.404 e. The molecule has 0 aliphatic carbocycles. The normalized spacial score (nSPS) is 10.4. The van der Waals surface area contributed by atoms with Crippen LogP contribution in [0.5, 0.6) is 0 Å². The van der Waals surface area contributed by atoms with Gasteiger partial charge in [0.15, 0.2) is 0 Å². The molecule has 23 heavy (non-hydrogen) atoms. The lowest BCUT2D eigenvalue weighted by molar-refractivity contribution is 0.194. The van der Waals surface area contributed by atoms with E-state index in [1.807, 2.05) is 54.7 Å². The predicted octanol–water partition coefficient (Wildman–Crippen LogP) is 3.33. The van der Waals surface area contributed by atoms with Gasteiger partial charge in [-0.25, -0.2) is 4.79 Å². The summed E-state index contributed by atoms with van der Waals surface area (Å²) in [7, 11) is 0. The number of carboxylic acid groups (broad SMARTS) is 1. The third-order valence-electron chi connectivity index (χ3n) is 3.69. The molecule has 2 N–H and O–H groups in total. The zero-order chi connectivity index (χ0) is 16.2. The lowest BCUT2D eigenvalue weighted by atomic mass is 10.1. The van der Waals surface area contributed by atoms with Gasteiger partial charge in [0.05, 0.1) is 11.6 Å². The Morgan fingerprint density at radius 3 is 2.78 bits per heavy atom. The van der Waals surface area contributed by atoms with Crippen molar-refractivity contribution in [3.63, 3.8) is 0 Å². The number of hydrogen-bond acceptors (Lipinski definition) is 2. The first kappa shape index (κ1) is 14.7. The van der Waals surface area contributed by atoms with Crippen molar-refractivity contribution in [1.29, 1.82) is 5.26 Å². The second kappa shape index (κ2) is 6.24. The first-order valence-electron chi connectivity index (χ1n) is 7.19. The Balaban J connectivity index is 1.86. The molecular weight excluding hydrogens is 290 g/mol. The van der Waals surface area contributed by atoms with E-state index in [9.17, 15) is 4.79 Å². The maximum atomic E-state index is 10.6. The number of nitrogens with zero attached hydrogens (tertiary/aromatic N) is 2. The van der Waals surface area contributed by atoms with Crippen molar-refractivity contribution in [3.8, 4) is 6.07 Å². The number of hydrogen-bond donors (Lipinski definition) is 2. The molecule has 5 nitrogen and oxygen atoms in total. The fourth-order valence-corrected chi connectivity index (χ4v) is 2.60. The van der Waals surface area contributed by atoms with E-state index in [1.54, 1.807) is 0 Å². The average molecular weight is 305 g/mol. The molecule has 0 bridgehead atoms. The third kappa shape index (κ3) is 3.33. The zero-order valence-corrected chi connectivity index (χ0v) is 12.4. The van der Waals surface area contributed by atoms with Crippen LogP contribution in [0.3, 0.4) is 0 Å². The highest BCUT2D eigenvalue weighted by Gasteiger charge is 2.04. The Morgan fingerprint density at radius 1 is 1.17 bits per heavy atom. The summed E-state index contributed by atoms with van der Waals surface area (Å²) in [5.74, 6) is 0. The topological polar surface area (TPSA) is 78.0 Å². The summed E-state index contributed by atoms with van der Waals surface area (Å²) >= 11 is 0. The number of benzene rings is 2. The van der Waals surface area contributed by atoms with Crippen LogP contribution >= 0.6 is 0 Å². The molecule has 0 atom stereocenters. The Hall–Kier alpha value is -3.26. The number of fused-ring (bicyclic) bond motifs is 1. The fourth-order valence-electron chi connectivity index (χ4n) is 2.60. The molecule has 0 spiro atoms. The number of amides is 1. The van der Waals surface area contributed by atoms with Crippen LogP contribution in [-0.4, -0.2) is 15.8 Å². The molecule has 5 heteroatoms. The molecule has 1 heterocycles. The van der Waals surface area contributed by atoms with Crippen LogP contribution in [0.4, 0.5) is 4.79 Å². The van der Waals surface area contributed by atoms with Crippen LogP contribution in [-0.2, 0) is 13.1 Å². The molecule has 1 amide bonds. The molecule has 0 unspecified atom stereocenters. The average Bonchev–Trinajstić information content (AvgIpc) is 2.95. The molecule has 1 aromatic heterocycles. The second-order valence-electron chi connectivity index (χ2n) is 5.31. The third-order valence-corrected chi connectivity index (χ3v) is 3.69. The summed E-state index contributed by atoms with van der Waals surface area (Å²) < 4.78 is 2.08. The molecule has 0 aliphatic rings. The van der Waals surface area contributed by atoms with E-state index >= 15 is 0 Å². The number of rotatable bonds is 4. The Kier molecular flexibility index (Phi) is 3.98. The van der Waals surface area contributed by atoms with Crippen molar-refractivity contribution < 1.29 is 9.90 Å². The molecule has 0 aliphatic heterocycles. The van der Waals surface area contributed by atoms with Gasteiger partial charge in [-0.2, -0.15) is 5.26 Å². The van der Waals surface area contributed by atoms with Crippen molar-refractivity contribution in [2.24, 2.45) is 0 Å². The number of nitrogens with one attached hydrogen (secondary N) is 1. The summed E-state index contributed by atoms with van der Waals surface area (Å²) in [5, 5.41) is 21.2. The maximum absolute atomic E-state index is 10.6. The first-order chi connectivity index (χ1) is 11.2. The van der Waals surface area contributed by atoms with Crippen LogP contribution in [0.25, 0.3) is 10.9 Å². The Labute approximate surface area is 133 Å². The standard InChI is InChI=1S/C18H15N3O2/c19-10-13-4-5-16-6-7-21(17(16)9-13)12-15-3-1-2-14(8-15)11-20-18(22)23/h1-9,20H,11-12H2,(H,22,23). The maximum Gasteiger partial charge on any atom is 0.404 e. The van der Waals surface area contributed by atoms with E-state index in [1.165, 1.54) is 0 Å². The van der Waals surface area contributed by atoms with Gasteiger partial charge in [0.1, 0.15) is 0 Å². The quantitative estimate of drug-likeness (QED) is 0.776. The minimum Gasteiger partial charge on any atom is -0.465 e.